The van der Waals surface area contributed by atoms with Gasteiger partial charge in [0.15, 0.2) is 0 Å². The number of rotatable bonds is 6. The maximum absolute atomic E-state index is 15.1. The minimum Gasteiger partial charge on any atom is -0.444 e. The zero-order valence-corrected chi connectivity index (χ0v) is 22.2. The summed E-state index contributed by atoms with van der Waals surface area (Å²) in [6.07, 6.45) is 2.83. The first-order chi connectivity index (χ1) is 18.0. The van der Waals surface area contributed by atoms with Gasteiger partial charge in [-0.2, -0.15) is 0 Å². The Labute approximate surface area is 222 Å². The molecule has 0 spiro atoms. The van der Waals surface area contributed by atoms with Gasteiger partial charge in [0.1, 0.15) is 11.8 Å². The molecule has 2 aliphatic rings. The number of aromatic nitrogens is 1. The molecule has 3 amide bonds. The number of anilines is 2. The molecule has 4 rings (SSSR count). The monoisotopic (exact) mass is 525 g/mol. The fourth-order valence-electron chi connectivity index (χ4n) is 4.75. The number of nitrogens with one attached hydrogen (secondary N) is 1. The number of pyridine rings is 1. The third-order valence-corrected chi connectivity index (χ3v) is 6.72. The average Bonchev–Trinajstić information content (AvgIpc) is 2.85. The Morgan fingerprint density at radius 3 is 2.55 bits per heavy atom. The van der Waals surface area contributed by atoms with Crippen LogP contribution in [0.2, 0.25) is 0 Å². The maximum atomic E-state index is 15.1. The normalized spacial score (nSPS) is 20.3. The number of carbonyl (C=O) groups excluding carboxylic acids is 3. The van der Waals surface area contributed by atoms with E-state index >= 15 is 4.39 Å². The predicted octanol–water partition coefficient (Wildman–Crippen LogP) is 4.05. The molecule has 9 nitrogen and oxygen atoms in total. The van der Waals surface area contributed by atoms with Crippen molar-refractivity contribution in [3.8, 4) is 0 Å². The molecule has 2 aromatic rings. The van der Waals surface area contributed by atoms with Crippen molar-refractivity contribution in [3.05, 3.63) is 53.3 Å². The molecule has 3 heterocycles. The first-order valence-corrected chi connectivity index (χ1v) is 13.1. The summed E-state index contributed by atoms with van der Waals surface area (Å²) in [5.41, 5.74) is 8.04. The average molecular weight is 526 g/mol. The van der Waals surface area contributed by atoms with Gasteiger partial charge < -0.3 is 25.6 Å². The minimum absolute atomic E-state index is 0.109. The molecule has 2 atom stereocenters. The molecular weight excluding hydrogens is 489 g/mol. The van der Waals surface area contributed by atoms with E-state index in [1.165, 1.54) is 11.1 Å². The Hall–Kier alpha value is -3.69. The Morgan fingerprint density at radius 2 is 1.92 bits per heavy atom. The van der Waals surface area contributed by atoms with Crippen molar-refractivity contribution in [2.24, 2.45) is 5.73 Å². The van der Waals surface area contributed by atoms with E-state index in [2.05, 4.69) is 10.3 Å². The number of piperidine rings is 2. The van der Waals surface area contributed by atoms with Crippen LogP contribution < -0.4 is 16.0 Å². The Morgan fingerprint density at radius 1 is 1.18 bits per heavy atom. The molecule has 2 aliphatic heterocycles. The molecule has 1 aromatic heterocycles. The van der Waals surface area contributed by atoms with Crippen LogP contribution in [-0.4, -0.2) is 65.2 Å². The van der Waals surface area contributed by atoms with Crippen LogP contribution in [0.3, 0.4) is 0 Å². The number of carbonyl (C=O) groups is 3. The number of amides is 3. The molecule has 0 radical (unpaired) electrons. The van der Waals surface area contributed by atoms with E-state index in [0.29, 0.717) is 37.2 Å². The van der Waals surface area contributed by atoms with Crippen LogP contribution in [0.5, 0.6) is 0 Å². The number of nitrogens with two attached hydrogens (primary N) is 1. The highest BCUT2D eigenvalue weighted by Crippen LogP contribution is 2.26. The number of ether oxygens (including phenoxy) is 1. The molecule has 0 saturated carbocycles. The zero-order valence-electron chi connectivity index (χ0n) is 22.2. The van der Waals surface area contributed by atoms with Crippen LogP contribution in [-0.2, 0) is 16.0 Å². The van der Waals surface area contributed by atoms with Gasteiger partial charge in [0.2, 0.25) is 5.91 Å². The second-order valence-electron chi connectivity index (χ2n) is 10.9. The van der Waals surface area contributed by atoms with Gasteiger partial charge in [-0.1, -0.05) is 12.1 Å². The third kappa shape index (κ3) is 6.79. The maximum Gasteiger partial charge on any atom is 0.410 e. The first kappa shape index (κ1) is 27.3. The van der Waals surface area contributed by atoms with E-state index in [1.54, 1.807) is 26.8 Å². The Bertz CT molecular complexity index is 1180. The van der Waals surface area contributed by atoms with Gasteiger partial charge >= 0.3 is 6.09 Å². The largest absolute Gasteiger partial charge is 0.444 e. The highest BCUT2D eigenvalue weighted by molar-refractivity contribution is 5.98. The van der Waals surface area contributed by atoms with Crippen LogP contribution in [0, 0.1) is 0 Å². The summed E-state index contributed by atoms with van der Waals surface area (Å²) in [6.45, 7) is 6.24. The van der Waals surface area contributed by atoms with Crippen LogP contribution >= 0.6 is 0 Å². The van der Waals surface area contributed by atoms with Gasteiger partial charge in [0.05, 0.1) is 23.8 Å². The second-order valence-corrected chi connectivity index (χ2v) is 10.9. The van der Waals surface area contributed by atoms with Crippen LogP contribution in [0.25, 0.3) is 0 Å². The summed E-state index contributed by atoms with van der Waals surface area (Å²) in [6, 6.07) is 8.89. The summed E-state index contributed by atoms with van der Waals surface area (Å²) in [7, 11) is 0. The highest BCUT2D eigenvalue weighted by atomic mass is 19.1. The van der Waals surface area contributed by atoms with Crippen molar-refractivity contribution in [3.63, 3.8) is 0 Å². The summed E-state index contributed by atoms with van der Waals surface area (Å²) < 4.78 is 20.5. The summed E-state index contributed by atoms with van der Waals surface area (Å²) in [5.74, 6) is -0.518. The number of hydrogen-bond donors (Lipinski definition) is 2. The summed E-state index contributed by atoms with van der Waals surface area (Å²) >= 11 is 0. The van der Waals surface area contributed by atoms with Crippen LogP contribution in [0.15, 0.2) is 36.5 Å². The van der Waals surface area contributed by atoms with Gasteiger partial charge in [-0.15, -0.1) is 0 Å². The van der Waals surface area contributed by atoms with Gasteiger partial charge in [0.25, 0.3) is 5.91 Å². The lowest BCUT2D eigenvalue weighted by molar-refractivity contribution is -0.119. The molecule has 1 aromatic carbocycles. The number of likely N-dealkylation sites (tertiary alicyclic amines) is 1. The van der Waals surface area contributed by atoms with E-state index in [4.69, 9.17) is 10.5 Å². The third-order valence-electron chi connectivity index (χ3n) is 6.72. The smallest absolute Gasteiger partial charge is 0.410 e. The van der Waals surface area contributed by atoms with E-state index in [1.807, 2.05) is 29.2 Å². The number of halogens is 1. The predicted molar refractivity (Wildman–Crippen MR) is 143 cm³/mol. The van der Waals surface area contributed by atoms with Crippen LogP contribution in [0.1, 0.15) is 68.1 Å². The van der Waals surface area contributed by atoms with Gasteiger partial charge in [-0.3, -0.25) is 14.6 Å². The minimum atomic E-state index is -1.36. The molecule has 2 saturated heterocycles. The Kier molecular flexibility index (Phi) is 8.18. The number of nitrogens with zero attached hydrogens (tertiary/aromatic N) is 3. The number of hydrogen-bond acceptors (Lipinski definition) is 6. The molecule has 38 heavy (non-hydrogen) atoms. The fraction of sp³-hybridized carbons (Fsp3) is 0.500. The molecule has 3 N–H and O–H groups in total. The molecule has 204 valence electrons. The SMILES string of the molecule is CC(C)(C)OC(=O)N1CC[C@@H](Nc2cc(Cc3ccc(N4CCCCC4=O)cc3)ncc2C(N)=O)[C@@H](F)C1. The molecule has 2 fully saturated rings. The van der Waals surface area contributed by atoms with Crippen molar-refractivity contribution in [1.29, 1.82) is 0 Å². The van der Waals surface area contributed by atoms with Crippen molar-refractivity contribution in [2.45, 2.75) is 70.7 Å². The van der Waals surface area contributed by atoms with E-state index < -0.39 is 29.8 Å². The standard InChI is InChI=1S/C28H36FN5O4/c1-28(2,3)38-27(37)33-13-11-23(22(29)17-33)32-24-15-19(31-16-21(24)26(30)36)14-18-7-9-20(10-8-18)34-12-5-4-6-25(34)35/h7-10,15-16,22-23H,4-6,11-14,17H2,1-3H3,(H2,30,36)(H,31,32)/t22-,23+/m0/s1. The summed E-state index contributed by atoms with van der Waals surface area (Å²) in [4.78, 5) is 44.2. The number of alkyl halides is 1. The van der Waals surface area contributed by atoms with Crippen molar-refractivity contribution in [1.82, 2.24) is 9.88 Å². The second kappa shape index (κ2) is 11.4. The first-order valence-electron chi connectivity index (χ1n) is 13.1. The topological polar surface area (TPSA) is 118 Å². The van der Waals surface area contributed by atoms with E-state index in [0.717, 1.165) is 30.6 Å². The molecule has 0 aliphatic carbocycles. The van der Waals surface area contributed by atoms with Crippen molar-refractivity contribution < 1.29 is 23.5 Å². The lowest BCUT2D eigenvalue weighted by Gasteiger charge is -2.36. The fourth-order valence-corrected chi connectivity index (χ4v) is 4.75. The lowest BCUT2D eigenvalue weighted by atomic mass is 10.0. The molecule has 0 unspecified atom stereocenters. The zero-order chi connectivity index (χ0) is 27.4. The van der Waals surface area contributed by atoms with Gasteiger partial charge in [0, 0.05) is 43.5 Å². The number of primary amides is 1. The molecule has 0 bridgehead atoms. The van der Waals surface area contributed by atoms with Crippen molar-refractivity contribution >= 4 is 29.3 Å². The quantitative estimate of drug-likeness (QED) is 0.588. The van der Waals surface area contributed by atoms with Crippen LogP contribution in [0.4, 0.5) is 20.6 Å². The molecule has 10 heteroatoms. The molecular formula is C28H36FN5O4. The van der Waals surface area contributed by atoms with Gasteiger partial charge in [-0.25, -0.2) is 9.18 Å². The van der Waals surface area contributed by atoms with E-state index in [9.17, 15) is 14.4 Å². The van der Waals surface area contributed by atoms with Crippen molar-refractivity contribution in [2.75, 3.05) is 29.9 Å². The highest BCUT2D eigenvalue weighted by Gasteiger charge is 2.34. The lowest BCUT2D eigenvalue weighted by Crippen LogP contribution is -2.51. The summed E-state index contributed by atoms with van der Waals surface area (Å²) in [5, 5.41) is 3.13. The van der Waals surface area contributed by atoms with E-state index in [-0.39, 0.29) is 18.0 Å². The Balaban J connectivity index is 1.44. The van der Waals surface area contributed by atoms with Gasteiger partial charge in [-0.05, 0) is 63.8 Å². The number of benzene rings is 1.